The van der Waals surface area contributed by atoms with Gasteiger partial charge in [0.15, 0.2) is 0 Å². The molecule has 2 aliphatic heterocycles. The van der Waals surface area contributed by atoms with E-state index in [9.17, 15) is 19.2 Å². The highest BCUT2D eigenvalue weighted by Crippen LogP contribution is 2.26. The molecule has 2 aliphatic rings. The van der Waals surface area contributed by atoms with Crippen molar-refractivity contribution in [3.05, 3.63) is 48.8 Å². The summed E-state index contributed by atoms with van der Waals surface area (Å²) in [6, 6.07) is 4.59. The van der Waals surface area contributed by atoms with E-state index in [1.165, 1.54) is 24.3 Å². The molecule has 8 heteroatoms. The number of amides is 6. The van der Waals surface area contributed by atoms with E-state index >= 15 is 0 Å². The average Bonchev–Trinajstić information content (AvgIpc) is 2.87. The van der Waals surface area contributed by atoms with Crippen molar-refractivity contribution < 1.29 is 19.2 Å². The lowest BCUT2D eigenvalue weighted by atomic mass is 10.2. The Balaban J connectivity index is 1.91. The zero-order chi connectivity index (χ0) is 16.0. The summed E-state index contributed by atoms with van der Waals surface area (Å²) >= 11 is 0. The normalized spacial score (nSPS) is 18.2. The van der Waals surface area contributed by atoms with Gasteiger partial charge in [0.05, 0.1) is 11.4 Å². The molecule has 6 amide bonds. The molecular weight excluding hydrogens is 288 g/mol. The Morgan fingerprint density at radius 2 is 1.00 bits per heavy atom. The summed E-state index contributed by atoms with van der Waals surface area (Å²) in [6.45, 7) is 6.86. The minimum absolute atomic E-state index is 0.0144. The SMILES string of the molecule is C=C1NC(=O)N(c2ccc(N3C(=O)NC(=C)C3=O)cc2)C1=O. The van der Waals surface area contributed by atoms with Crippen LogP contribution in [0.3, 0.4) is 0 Å². The first-order valence-electron chi connectivity index (χ1n) is 6.19. The Hall–Kier alpha value is -3.42. The van der Waals surface area contributed by atoms with Crippen molar-refractivity contribution >= 4 is 35.3 Å². The predicted octanol–water partition coefficient (Wildman–Crippen LogP) is 0.826. The third-order valence-corrected chi connectivity index (χ3v) is 3.21. The molecule has 22 heavy (non-hydrogen) atoms. The lowest BCUT2D eigenvalue weighted by Gasteiger charge is -2.15. The van der Waals surface area contributed by atoms with E-state index < -0.39 is 23.9 Å². The quantitative estimate of drug-likeness (QED) is 0.624. The van der Waals surface area contributed by atoms with Crippen LogP contribution >= 0.6 is 0 Å². The number of carbonyl (C=O) groups is 4. The molecule has 8 nitrogen and oxygen atoms in total. The van der Waals surface area contributed by atoms with Gasteiger partial charge in [-0.15, -0.1) is 0 Å². The molecule has 1 aromatic carbocycles. The zero-order valence-electron chi connectivity index (χ0n) is 11.3. The van der Waals surface area contributed by atoms with Crippen LogP contribution < -0.4 is 20.4 Å². The van der Waals surface area contributed by atoms with Crippen LogP contribution in [-0.4, -0.2) is 23.9 Å². The van der Waals surface area contributed by atoms with Crippen molar-refractivity contribution in [3.63, 3.8) is 0 Å². The van der Waals surface area contributed by atoms with Gasteiger partial charge in [0.1, 0.15) is 11.4 Å². The van der Waals surface area contributed by atoms with Gasteiger partial charge < -0.3 is 10.6 Å². The van der Waals surface area contributed by atoms with Gasteiger partial charge in [-0.3, -0.25) is 9.59 Å². The summed E-state index contributed by atoms with van der Waals surface area (Å²) in [5, 5.41) is 4.61. The number of benzene rings is 1. The largest absolute Gasteiger partial charge is 0.333 e. The number of anilines is 2. The van der Waals surface area contributed by atoms with Crippen LogP contribution in [0.2, 0.25) is 0 Å². The number of hydrogen-bond donors (Lipinski definition) is 2. The standard InChI is InChI=1S/C14H10N4O4/c1-7-11(19)17(13(21)15-7)9-3-5-10(6-4-9)18-12(20)8(2)16-14(18)22/h3-6H,1-2H2,(H,15,21)(H,16,22). The number of nitrogens with zero attached hydrogens (tertiary/aromatic N) is 2. The molecule has 2 N–H and O–H groups in total. The number of imide groups is 2. The Bertz CT molecular complexity index is 701. The molecule has 0 aromatic heterocycles. The lowest BCUT2D eigenvalue weighted by Crippen LogP contribution is -2.32. The van der Waals surface area contributed by atoms with Crippen LogP contribution in [0, 0.1) is 0 Å². The van der Waals surface area contributed by atoms with Crippen molar-refractivity contribution in [1.82, 2.24) is 10.6 Å². The first-order valence-corrected chi connectivity index (χ1v) is 6.19. The van der Waals surface area contributed by atoms with Crippen LogP contribution in [0.1, 0.15) is 0 Å². The molecule has 0 spiro atoms. The Kier molecular flexibility index (Phi) is 2.81. The van der Waals surface area contributed by atoms with Gasteiger partial charge in [-0.05, 0) is 24.3 Å². The molecule has 0 unspecified atom stereocenters. The van der Waals surface area contributed by atoms with E-state index in [0.29, 0.717) is 11.4 Å². The number of urea groups is 2. The summed E-state index contributed by atoms with van der Waals surface area (Å²) in [4.78, 5) is 48.8. The topological polar surface area (TPSA) is 98.8 Å². The molecule has 0 aliphatic carbocycles. The molecule has 2 heterocycles. The first kappa shape index (κ1) is 13.6. The number of rotatable bonds is 2. The summed E-state index contributed by atoms with van der Waals surface area (Å²) in [6.07, 6.45) is 0. The molecular formula is C14H10N4O4. The predicted molar refractivity (Wildman–Crippen MR) is 76.8 cm³/mol. The summed E-state index contributed by atoms with van der Waals surface area (Å²) in [5.74, 6) is -1.11. The molecule has 2 saturated heterocycles. The Morgan fingerprint density at radius 3 is 1.23 bits per heavy atom. The molecule has 110 valence electrons. The monoisotopic (exact) mass is 298 g/mol. The van der Waals surface area contributed by atoms with Crippen molar-refractivity contribution in [2.75, 3.05) is 9.80 Å². The fourth-order valence-electron chi connectivity index (χ4n) is 2.15. The molecule has 1 aromatic rings. The van der Waals surface area contributed by atoms with Crippen LogP contribution in [0.4, 0.5) is 21.0 Å². The molecule has 0 bridgehead atoms. The maximum absolute atomic E-state index is 11.8. The van der Waals surface area contributed by atoms with Crippen molar-refractivity contribution in [2.45, 2.75) is 0 Å². The summed E-state index contributed by atoms with van der Waals surface area (Å²) in [5.41, 5.74) is 0.575. The van der Waals surface area contributed by atoms with Gasteiger partial charge in [-0.25, -0.2) is 19.4 Å². The highest BCUT2D eigenvalue weighted by atomic mass is 16.2. The lowest BCUT2D eigenvalue weighted by molar-refractivity contribution is -0.114. The van der Waals surface area contributed by atoms with Crippen LogP contribution in [0.5, 0.6) is 0 Å². The van der Waals surface area contributed by atoms with Gasteiger partial charge >= 0.3 is 12.1 Å². The highest BCUT2D eigenvalue weighted by molar-refractivity contribution is 6.28. The van der Waals surface area contributed by atoms with E-state index in [1.54, 1.807) is 0 Å². The zero-order valence-corrected chi connectivity index (χ0v) is 11.3. The summed E-state index contributed by atoms with van der Waals surface area (Å²) in [7, 11) is 0. The number of nitrogens with one attached hydrogen (secondary N) is 2. The van der Waals surface area contributed by atoms with Crippen LogP contribution in [0.25, 0.3) is 0 Å². The molecule has 0 radical (unpaired) electrons. The van der Waals surface area contributed by atoms with E-state index in [4.69, 9.17) is 0 Å². The van der Waals surface area contributed by atoms with E-state index in [2.05, 4.69) is 23.8 Å². The maximum Gasteiger partial charge on any atom is 0.333 e. The van der Waals surface area contributed by atoms with Crippen LogP contribution in [0.15, 0.2) is 48.8 Å². The third kappa shape index (κ3) is 1.85. The van der Waals surface area contributed by atoms with Gasteiger partial charge in [0, 0.05) is 0 Å². The van der Waals surface area contributed by atoms with Crippen molar-refractivity contribution in [2.24, 2.45) is 0 Å². The molecule has 0 atom stereocenters. The van der Waals surface area contributed by atoms with E-state index in [0.717, 1.165) is 9.80 Å². The Labute approximate surface area is 124 Å². The van der Waals surface area contributed by atoms with Crippen molar-refractivity contribution in [3.8, 4) is 0 Å². The summed E-state index contributed by atoms with van der Waals surface area (Å²) < 4.78 is 0. The molecule has 0 saturated carbocycles. The minimum atomic E-state index is -0.605. The van der Waals surface area contributed by atoms with E-state index in [1.807, 2.05) is 0 Å². The molecule has 3 rings (SSSR count). The smallest absolute Gasteiger partial charge is 0.303 e. The van der Waals surface area contributed by atoms with Gasteiger partial charge in [0.2, 0.25) is 0 Å². The second-order valence-electron chi connectivity index (χ2n) is 4.61. The van der Waals surface area contributed by atoms with Crippen LogP contribution in [-0.2, 0) is 9.59 Å². The van der Waals surface area contributed by atoms with Gasteiger partial charge in [0.25, 0.3) is 11.8 Å². The average molecular weight is 298 g/mol. The second-order valence-corrected chi connectivity index (χ2v) is 4.61. The van der Waals surface area contributed by atoms with Crippen molar-refractivity contribution in [1.29, 1.82) is 0 Å². The van der Waals surface area contributed by atoms with Gasteiger partial charge in [-0.2, -0.15) is 0 Å². The third-order valence-electron chi connectivity index (χ3n) is 3.21. The Morgan fingerprint density at radius 1 is 0.682 bits per heavy atom. The maximum atomic E-state index is 11.8. The first-order chi connectivity index (χ1) is 10.4. The molecule has 2 fully saturated rings. The fraction of sp³-hybridized carbons (Fsp3) is 0. The fourth-order valence-corrected chi connectivity index (χ4v) is 2.15. The second kappa shape index (κ2) is 4.55. The number of hydrogen-bond acceptors (Lipinski definition) is 4. The highest BCUT2D eigenvalue weighted by Gasteiger charge is 2.35. The number of carbonyl (C=O) groups excluding carboxylic acids is 4. The van der Waals surface area contributed by atoms with Gasteiger partial charge in [-0.1, -0.05) is 13.2 Å². The van der Waals surface area contributed by atoms with E-state index in [-0.39, 0.29) is 11.4 Å². The minimum Gasteiger partial charge on any atom is -0.303 e.